The van der Waals surface area contributed by atoms with Gasteiger partial charge in [-0.15, -0.1) is 0 Å². The Morgan fingerprint density at radius 1 is 1.64 bits per heavy atom. The van der Waals surface area contributed by atoms with Crippen LogP contribution in [0.1, 0.15) is 11.1 Å². The molecule has 0 saturated carbocycles. The fourth-order valence-corrected chi connectivity index (χ4v) is 0.909. The monoisotopic (exact) mass is 155 g/mol. The molecule has 0 bridgehead atoms. The number of halogens is 1. The van der Waals surface area contributed by atoms with Gasteiger partial charge in [-0.25, -0.2) is 4.98 Å². The minimum Gasteiger partial charge on any atom is -0.396 e. The molecular weight excluding hydrogens is 145 g/mol. The van der Waals surface area contributed by atoms with Crippen molar-refractivity contribution < 1.29 is 9.50 Å². The van der Waals surface area contributed by atoms with Gasteiger partial charge in [0.05, 0.1) is 0 Å². The summed E-state index contributed by atoms with van der Waals surface area (Å²) in [6.45, 7) is 1.80. The van der Waals surface area contributed by atoms with Crippen LogP contribution in [0.25, 0.3) is 0 Å². The Morgan fingerprint density at radius 3 is 3.00 bits per heavy atom. The first-order valence-corrected chi connectivity index (χ1v) is 3.46. The minimum atomic E-state index is -0.482. The smallest absolute Gasteiger partial charge is 0.216 e. The molecule has 1 aromatic rings. The van der Waals surface area contributed by atoms with Crippen molar-refractivity contribution in [3.05, 3.63) is 29.3 Å². The van der Waals surface area contributed by atoms with Crippen molar-refractivity contribution in [1.82, 2.24) is 4.98 Å². The highest BCUT2D eigenvalue weighted by Gasteiger charge is 2.01. The van der Waals surface area contributed by atoms with Crippen molar-refractivity contribution in [2.45, 2.75) is 13.3 Å². The Morgan fingerprint density at radius 2 is 2.36 bits per heavy atom. The van der Waals surface area contributed by atoms with E-state index in [4.69, 9.17) is 5.11 Å². The molecule has 0 aliphatic rings. The SMILES string of the molecule is Cc1cnc(F)c(CCO)c1. The van der Waals surface area contributed by atoms with Crippen LogP contribution in [0.15, 0.2) is 12.3 Å². The Bertz CT molecular complexity index is 250. The zero-order valence-electron chi connectivity index (χ0n) is 6.34. The van der Waals surface area contributed by atoms with Crippen LogP contribution in [-0.4, -0.2) is 16.7 Å². The van der Waals surface area contributed by atoms with Gasteiger partial charge < -0.3 is 5.11 Å². The van der Waals surface area contributed by atoms with Gasteiger partial charge in [-0.05, 0) is 18.6 Å². The van der Waals surface area contributed by atoms with Crippen molar-refractivity contribution in [1.29, 1.82) is 0 Å². The molecule has 0 radical (unpaired) electrons. The van der Waals surface area contributed by atoms with Crippen LogP contribution in [0, 0.1) is 12.9 Å². The van der Waals surface area contributed by atoms with Gasteiger partial charge in [-0.1, -0.05) is 0 Å². The van der Waals surface area contributed by atoms with Crippen LogP contribution < -0.4 is 0 Å². The summed E-state index contributed by atoms with van der Waals surface area (Å²) in [6, 6.07) is 1.69. The van der Waals surface area contributed by atoms with E-state index >= 15 is 0 Å². The topological polar surface area (TPSA) is 33.1 Å². The largest absolute Gasteiger partial charge is 0.396 e. The molecule has 0 aliphatic carbocycles. The Kier molecular flexibility index (Phi) is 2.54. The molecule has 2 nitrogen and oxygen atoms in total. The molecule has 0 atom stereocenters. The number of hydrogen-bond acceptors (Lipinski definition) is 2. The predicted octanol–water partition coefficient (Wildman–Crippen LogP) is 1.06. The molecule has 1 aromatic heterocycles. The van der Waals surface area contributed by atoms with Gasteiger partial charge >= 0.3 is 0 Å². The zero-order valence-corrected chi connectivity index (χ0v) is 6.34. The number of aryl methyl sites for hydroxylation is 1. The Labute approximate surface area is 64.7 Å². The average molecular weight is 155 g/mol. The van der Waals surface area contributed by atoms with Gasteiger partial charge in [0, 0.05) is 24.8 Å². The third-order valence-electron chi connectivity index (χ3n) is 1.43. The highest BCUT2D eigenvalue weighted by molar-refractivity contribution is 5.18. The molecule has 0 saturated heterocycles. The minimum absolute atomic E-state index is 0.0396. The summed E-state index contributed by atoms with van der Waals surface area (Å²) in [5, 5.41) is 8.54. The molecule has 1 heterocycles. The highest BCUT2D eigenvalue weighted by atomic mass is 19.1. The molecule has 3 heteroatoms. The van der Waals surface area contributed by atoms with Crippen molar-refractivity contribution in [2.24, 2.45) is 0 Å². The average Bonchev–Trinajstić information content (AvgIpc) is 1.98. The normalized spacial score (nSPS) is 10.1. The number of aromatic nitrogens is 1. The summed E-state index contributed by atoms with van der Waals surface area (Å²) < 4.78 is 12.7. The second-order valence-corrected chi connectivity index (χ2v) is 2.44. The van der Waals surface area contributed by atoms with Gasteiger partial charge in [-0.3, -0.25) is 0 Å². The molecule has 0 fully saturated rings. The van der Waals surface area contributed by atoms with Gasteiger partial charge in [0.1, 0.15) is 0 Å². The lowest BCUT2D eigenvalue weighted by molar-refractivity contribution is 0.297. The number of aliphatic hydroxyl groups is 1. The maximum atomic E-state index is 12.7. The van der Waals surface area contributed by atoms with Crippen LogP contribution >= 0.6 is 0 Å². The number of hydrogen-bond donors (Lipinski definition) is 1. The van der Waals surface area contributed by atoms with E-state index in [1.165, 1.54) is 6.20 Å². The first-order chi connectivity index (χ1) is 5.24. The molecule has 0 unspecified atom stereocenters. The van der Waals surface area contributed by atoms with Gasteiger partial charge in [0.2, 0.25) is 5.95 Å². The summed E-state index contributed by atoms with van der Waals surface area (Å²) in [5.74, 6) is -0.482. The summed E-state index contributed by atoms with van der Waals surface area (Å²) in [5.41, 5.74) is 1.39. The fraction of sp³-hybridized carbons (Fsp3) is 0.375. The van der Waals surface area contributed by atoms with Gasteiger partial charge in [-0.2, -0.15) is 4.39 Å². The number of rotatable bonds is 2. The third kappa shape index (κ3) is 1.98. The van der Waals surface area contributed by atoms with Crippen molar-refractivity contribution in [3.8, 4) is 0 Å². The van der Waals surface area contributed by atoms with Crippen LogP contribution in [0.4, 0.5) is 4.39 Å². The van der Waals surface area contributed by atoms with Crippen molar-refractivity contribution >= 4 is 0 Å². The zero-order chi connectivity index (χ0) is 8.27. The quantitative estimate of drug-likeness (QED) is 0.648. The number of aliphatic hydroxyl groups excluding tert-OH is 1. The lowest BCUT2D eigenvalue weighted by Gasteiger charge is -1.99. The summed E-state index contributed by atoms with van der Waals surface area (Å²) in [7, 11) is 0. The maximum Gasteiger partial charge on any atom is 0.216 e. The molecule has 1 rings (SSSR count). The lowest BCUT2D eigenvalue weighted by atomic mass is 10.2. The number of pyridine rings is 1. The number of nitrogens with zero attached hydrogens (tertiary/aromatic N) is 1. The van der Waals surface area contributed by atoms with E-state index in [1.54, 1.807) is 6.07 Å². The highest BCUT2D eigenvalue weighted by Crippen LogP contribution is 2.06. The van der Waals surface area contributed by atoms with Crippen molar-refractivity contribution in [2.75, 3.05) is 6.61 Å². The predicted molar refractivity (Wildman–Crippen MR) is 39.7 cm³/mol. The van der Waals surface area contributed by atoms with E-state index in [9.17, 15) is 4.39 Å². The van der Waals surface area contributed by atoms with Gasteiger partial charge in [0.15, 0.2) is 0 Å². The summed E-state index contributed by atoms with van der Waals surface area (Å²) >= 11 is 0. The van der Waals surface area contributed by atoms with Crippen LogP contribution in [0.5, 0.6) is 0 Å². The Hall–Kier alpha value is -0.960. The van der Waals surface area contributed by atoms with Crippen LogP contribution in [0.3, 0.4) is 0 Å². The molecule has 0 aliphatic heterocycles. The first-order valence-electron chi connectivity index (χ1n) is 3.46. The standard InChI is InChI=1S/C8H10FNO/c1-6-4-7(2-3-11)8(9)10-5-6/h4-5,11H,2-3H2,1H3. The second-order valence-electron chi connectivity index (χ2n) is 2.44. The maximum absolute atomic E-state index is 12.7. The van der Waals surface area contributed by atoms with Gasteiger partial charge in [0.25, 0.3) is 0 Å². The fourth-order valence-electron chi connectivity index (χ4n) is 0.909. The second kappa shape index (κ2) is 3.44. The Balaban J connectivity index is 2.93. The molecule has 0 amide bonds. The lowest BCUT2D eigenvalue weighted by Crippen LogP contribution is -1.97. The van der Waals surface area contributed by atoms with E-state index in [2.05, 4.69) is 4.98 Å². The van der Waals surface area contributed by atoms with E-state index in [-0.39, 0.29) is 6.61 Å². The van der Waals surface area contributed by atoms with Crippen molar-refractivity contribution in [3.63, 3.8) is 0 Å². The van der Waals surface area contributed by atoms with Crippen LogP contribution in [-0.2, 0) is 6.42 Å². The van der Waals surface area contributed by atoms with E-state index < -0.39 is 5.95 Å². The van der Waals surface area contributed by atoms with E-state index in [1.807, 2.05) is 6.92 Å². The molecular formula is C8H10FNO. The van der Waals surface area contributed by atoms with E-state index in [0.29, 0.717) is 12.0 Å². The third-order valence-corrected chi connectivity index (χ3v) is 1.43. The van der Waals surface area contributed by atoms with E-state index in [0.717, 1.165) is 5.56 Å². The molecule has 60 valence electrons. The van der Waals surface area contributed by atoms with Crippen LogP contribution in [0.2, 0.25) is 0 Å². The summed E-state index contributed by atoms with van der Waals surface area (Å²) in [6.07, 6.45) is 1.80. The molecule has 11 heavy (non-hydrogen) atoms. The molecule has 1 N–H and O–H groups in total. The molecule has 0 aromatic carbocycles. The summed E-state index contributed by atoms with van der Waals surface area (Å²) in [4.78, 5) is 3.52. The first kappa shape index (κ1) is 8.14. The molecule has 0 spiro atoms.